The van der Waals surface area contributed by atoms with Gasteiger partial charge in [0, 0.05) is 28.8 Å². The summed E-state index contributed by atoms with van der Waals surface area (Å²) < 4.78 is 22.9. The van der Waals surface area contributed by atoms with Crippen molar-refractivity contribution in [1.29, 1.82) is 0 Å². The van der Waals surface area contributed by atoms with Crippen LogP contribution in [0, 0.1) is 0 Å². The van der Waals surface area contributed by atoms with Crippen molar-refractivity contribution in [3.63, 3.8) is 0 Å². The Kier molecular flexibility index (Phi) is 5.14. The molecule has 1 spiro atoms. The van der Waals surface area contributed by atoms with Crippen LogP contribution in [0.4, 0.5) is 0 Å². The number of aromatic hydroxyl groups is 1. The van der Waals surface area contributed by atoms with Crippen molar-refractivity contribution in [2.24, 2.45) is 0 Å². The lowest BCUT2D eigenvalue weighted by atomic mass is 9.77. The van der Waals surface area contributed by atoms with E-state index >= 15 is 0 Å². The van der Waals surface area contributed by atoms with Crippen LogP contribution >= 0.6 is 0 Å². The summed E-state index contributed by atoms with van der Waals surface area (Å²) in [6, 6.07) is 15.8. The maximum absolute atomic E-state index is 12.9. The SMILES string of the molecule is O=C1OC2(c3ccc(O)cc3Oc3cc(O[C@@H]4O[C@H](C(=O)O)[C@@H](O)[C@H](O)[C@H]4O)ccc32)c2ccccc21. The summed E-state index contributed by atoms with van der Waals surface area (Å²) in [6.07, 6.45) is -8.91. The number of aliphatic hydroxyl groups excluding tert-OH is 3. The van der Waals surface area contributed by atoms with Gasteiger partial charge in [-0.05, 0) is 30.3 Å². The van der Waals surface area contributed by atoms with Gasteiger partial charge >= 0.3 is 11.9 Å². The molecule has 11 nitrogen and oxygen atoms in total. The van der Waals surface area contributed by atoms with Crippen molar-refractivity contribution in [1.82, 2.24) is 0 Å². The van der Waals surface area contributed by atoms with Crippen LogP contribution < -0.4 is 9.47 Å². The van der Waals surface area contributed by atoms with Crippen molar-refractivity contribution in [3.05, 3.63) is 82.9 Å². The molecular weight excluding hydrogens is 488 g/mol. The van der Waals surface area contributed by atoms with Crippen LogP contribution in [-0.4, -0.2) is 68.2 Å². The van der Waals surface area contributed by atoms with Gasteiger partial charge in [0.15, 0.2) is 11.7 Å². The largest absolute Gasteiger partial charge is 0.508 e. The summed E-state index contributed by atoms with van der Waals surface area (Å²) in [6.45, 7) is 0. The number of ether oxygens (including phenoxy) is 4. The van der Waals surface area contributed by atoms with Gasteiger partial charge in [-0.2, -0.15) is 0 Å². The predicted molar refractivity (Wildman–Crippen MR) is 121 cm³/mol. The third-order valence-corrected chi connectivity index (χ3v) is 6.73. The number of carbonyl (C=O) groups excluding carboxylic acids is 1. The van der Waals surface area contributed by atoms with E-state index in [1.807, 2.05) is 0 Å². The number of benzene rings is 3. The maximum Gasteiger partial charge on any atom is 0.340 e. The summed E-state index contributed by atoms with van der Waals surface area (Å²) in [7, 11) is 0. The number of aliphatic hydroxyl groups is 3. The number of phenols is 1. The second-order valence-electron chi connectivity index (χ2n) is 8.91. The zero-order valence-corrected chi connectivity index (χ0v) is 18.8. The number of fused-ring (bicyclic) bond motifs is 6. The molecule has 0 aromatic heterocycles. The fraction of sp³-hybridized carbons (Fsp3) is 0.231. The third kappa shape index (κ3) is 3.36. The summed E-state index contributed by atoms with van der Waals surface area (Å²) in [5.74, 6) is -1.66. The first-order valence-corrected chi connectivity index (χ1v) is 11.3. The number of esters is 1. The highest BCUT2D eigenvalue weighted by Crippen LogP contribution is 2.57. The molecule has 3 aromatic carbocycles. The van der Waals surface area contributed by atoms with Crippen LogP contribution in [0.2, 0.25) is 0 Å². The third-order valence-electron chi connectivity index (χ3n) is 6.73. The van der Waals surface area contributed by atoms with Crippen molar-refractivity contribution in [2.75, 3.05) is 0 Å². The Morgan fingerprint density at radius 2 is 1.57 bits per heavy atom. The lowest BCUT2D eigenvalue weighted by molar-refractivity contribution is -0.271. The molecule has 190 valence electrons. The molecule has 3 aromatic rings. The lowest BCUT2D eigenvalue weighted by Crippen LogP contribution is -2.61. The molecule has 0 aliphatic carbocycles. The summed E-state index contributed by atoms with van der Waals surface area (Å²) in [5, 5.41) is 49.6. The van der Waals surface area contributed by atoms with Gasteiger partial charge in [-0.1, -0.05) is 18.2 Å². The van der Waals surface area contributed by atoms with Crippen molar-refractivity contribution < 1.29 is 54.1 Å². The molecule has 5 N–H and O–H groups in total. The molecular formula is C26H20O11. The number of carboxylic acids is 1. The van der Waals surface area contributed by atoms with Crippen LogP contribution in [0.3, 0.4) is 0 Å². The van der Waals surface area contributed by atoms with Gasteiger partial charge in [0.2, 0.25) is 6.29 Å². The second kappa shape index (κ2) is 8.18. The predicted octanol–water partition coefficient (Wildman–Crippen LogP) is 1.23. The molecule has 1 saturated heterocycles. The van der Waals surface area contributed by atoms with Crippen molar-refractivity contribution in [3.8, 4) is 23.0 Å². The Morgan fingerprint density at radius 1 is 0.865 bits per heavy atom. The molecule has 11 heteroatoms. The number of phenolic OH excluding ortho intramolecular Hbond substituents is 1. The molecule has 0 bridgehead atoms. The van der Waals surface area contributed by atoms with Crippen LogP contribution in [0.5, 0.6) is 23.0 Å². The molecule has 6 rings (SSSR count). The van der Waals surface area contributed by atoms with Crippen LogP contribution in [0.1, 0.15) is 27.0 Å². The first-order valence-electron chi connectivity index (χ1n) is 11.3. The fourth-order valence-electron chi connectivity index (χ4n) is 5.00. The van der Waals surface area contributed by atoms with E-state index in [1.54, 1.807) is 36.4 Å². The molecule has 0 radical (unpaired) electrons. The lowest BCUT2D eigenvalue weighted by Gasteiger charge is -2.39. The Balaban J connectivity index is 1.43. The molecule has 0 saturated carbocycles. The fourth-order valence-corrected chi connectivity index (χ4v) is 5.00. The highest BCUT2D eigenvalue weighted by molar-refractivity contribution is 5.97. The zero-order valence-electron chi connectivity index (χ0n) is 18.8. The van der Waals surface area contributed by atoms with Gasteiger partial charge < -0.3 is 44.5 Å². The Hall–Kier alpha value is -4.16. The first-order chi connectivity index (χ1) is 17.7. The van der Waals surface area contributed by atoms with Gasteiger partial charge in [0.1, 0.15) is 41.3 Å². The van der Waals surface area contributed by atoms with E-state index < -0.39 is 48.2 Å². The van der Waals surface area contributed by atoms with Crippen molar-refractivity contribution >= 4 is 11.9 Å². The van der Waals surface area contributed by atoms with Gasteiger partial charge in [0.05, 0.1) is 5.56 Å². The number of rotatable bonds is 3. The van der Waals surface area contributed by atoms with E-state index in [9.17, 15) is 35.1 Å². The smallest absolute Gasteiger partial charge is 0.340 e. The van der Waals surface area contributed by atoms with Gasteiger partial charge in [0.25, 0.3) is 0 Å². The Bertz CT molecular complexity index is 1440. The van der Waals surface area contributed by atoms with E-state index in [0.717, 1.165) is 0 Å². The quantitative estimate of drug-likeness (QED) is 0.322. The van der Waals surface area contributed by atoms with Crippen molar-refractivity contribution in [2.45, 2.75) is 36.3 Å². The van der Waals surface area contributed by atoms with Gasteiger partial charge in [-0.3, -0.25) is 0 Å². The minimum atomic E-state index is -1.86. The number of aliphatic carboxylic acids is 1. The summed E-state index contributed by atoms with van der Waals surface area (Å²) in [5.41, 5.74) is 0.536. The number of carboxylic acid groups (broad SMARTS) is 1. The normalized spacial score (nSPS) is 29.5. The number of carbonyl (C=O) groups is 2. The number of hydrogen-bond donors (Lipinski definition) is 5. The summed E-state index contributed by atoms with van der Waals surface area (Å²) >= 11 is 0. The molecule has 6 atom stereocenters. The molecule has 3 aliphatic heterocycles. The monoisotopic (exact) mass is 508 g/mol. The average molecular weight is 508 g/mol. The van der Waals surface area contributed by atoms with Crippen LogP contribution in [0.15, 0.2) is 60.7 Å². The topological polar surface area (TPSA) is 172 Å². The van der Waals surface area contributed by atoms with E-state index in [4.69, 9.17) is 18.9 Å². The minimum Gasteiger partial charge on any atom is -0.508 e. The molecule has 3 aliphatic rings. The first kappa shape index (κ1) is 23.3. The summed E-state index contributed by atoms with van der Waals surface area (Å²) in [4.78, 5) is 24.3. The van der Waals surface area contributed by atoms with E-state index in [0.29, 0.717) is 22.3 Å². The second-order valence-corrected chi connectivity index (χ2v) is 8.91. The molecule has 1 unspecified atom stereocenters. The van der Waals surface area contributed by atoms with E-state index in [1.165, 1.54) is 24.3 Å². The minimum absolute atomic E-state index is 0.0619. The zero-order chi connectivity index (χ0) is 26.1. The highest BCUT2D eigenvalue weighted by atomic mass is 16.7. The Labute approximate surface area is 208 Å². The number of hydrogen-bond acceptors (Lipinski definition) is 10. The average Bonchev–Trinajstić information content (AvgIpc) is 3.16. The van der Waals surface area contributed by atoms with E-state index in [2.05, 4.69) is 0 Å². The van der Waals surface area contributed by atoms with Crippen LogP contribution in [-0.2, 0) is 19.9 Å². The molecule has 0 amide bonds. The molecule has 37 heavy (non-hydrogen) atoms. The standard InChI is InChI=1S/C26H20O11/c27-11-5-7-15-17(9-11)35-18-10-12(34-25-21(30)19(28)20(29)22(36-25)23(31)32)6-8-16(18)26(15)14-4-2-1-3-13(14)24(33)37-26/h1-10,19-22,25,27-30H,(H,31,32)/t19-,20-,21+,22-,25+,26?/m0/s1. The van der Waals surface area contributed by atoms with Crippen LogP contribution in [0.25, 0.3) is 0 Å². The molecule has 3 heterocycles. The maximum atomic E-state index is 12.9. The Morgan fingerprint density at radius 3 is 2.32 bits per heavy atom. The van der Waals surface area contributed by atoms with E-state index in [-0.39, 0.29) is 23.0 Å². The van der Waals surface area contributed by atoms with Gasteiger partial charge in [-0.25, -0.2) is 9.59 Å². The van der Waals surface area contributed by atoms with Gasteiger partial charge in [-0.15, -0.1) is 0 Å². The highest BCUT2D eigenvalue weighted by Gasteiger charge is 2.54. The molecule has 1 fully saturated rings.